The van der Waals surface area contributed by atoms with Crippen molar-refractivity contribution in [1.29, 1.82) is 0 Å². The summed E-state index contributed by atoms with van der Waals surface area (Å²) in [6, 6.07) is 15.1. The maximum Gasteiger partial charge on any atom is 0.308 e. The van der Waals surface area contributed by atoms with E-state index in [0.29, 0.717) is 0 Å². The molecule has 0 saturated carbocycles. The zero-order valence-corrected chi connectivity index (χ0v) is 17.7. The van der Waals surface area contributed by atoms with Crippen LogP contribution in [0.4, 0.5) is 5.82 Å². The van der Waals surface area contributed by atoms with Crippen LogP contribution in [-0.4, -0.2) is 28.7 Å². The Morgan fingerprint density at radius 3 is 1.53 bits per heavy atom. The van der Waals surface area contributed by atoms with Crippen LogP contribution < -0.4 is 14.4 Å². The third-order valence-electron chi connectivity index (χ3n) is 4.26. The average molecular weight is 432 g/mol. The Kier molecular flexibility index (Phi) is 6.74. The minimum atomic E-state index is -0.605. The molecule has 8 heteroatoms. The third kappa shape index (κ3) is 5.42. The summed E-state index contributed by atoms with van der Waals surface area (Å²) in [5, 5.41) is 0. The fourth-order valence-electron chi connectivity index (χ4n) is 2.86. The van der Waals surface area contributed by atoms with E-state index in [1.165, 1.54) is 68.6 Å². The van der Waals surface area contributed by atoms with Crippen LogP contribution in [0.1, 0.15) is 40.1 Å². The maximum absolute atomic E-state index is 13.3. The van der Waals surface area contributed by atoms with E-state index in [-0.39, 0.29) is 28.4 Å². The summed E-state index contributed by atoms with van der Waals surface area (Å²) < 4.78 is 9.97. The van der Waals surface area contributed by atoms with Crippen LogP contribution in [0.15, 0.2) is 66.9 Å². The van der Waals surface area contributed by atoms with E-state index in [1.54, 1.807) is 12.1 Å². The number of ether oxygens (including phenoxy) is 2. The van der Waals surface area contributed by atoms with E-state index >= 15 is 0 Å². The summed E-state index contributed by atoms with van der Waals surface area (Å²) in [6.07, 6.45) is 1.51. The van der Waals surface area contributed by atoms with Gasteiger partial charge in [-0.2, -0.15) is 0 Å². The molecular formula is C24H20N2O6. The predicted molar refractivity (Wildman–Crippen MR) is 116 cm³/mol. The van der Waals surface area contributed by atoms with Gasteiger partial charge in [0.05, 0.1) is 0 Å². The molecule has 8 nitrogen and oxygen atoms in total. The number of nitrogens with zero attached hydrogens (tertiary/aromatic N) is 2. The van der Waals surface area contributed by atoms with Gasteiger partial charge in [0.15, 0.2) is 0 Å². The molecule has 32 heavy (non-hydrogen) atoms. The molecule has 0 fully saturated rings. The number of aryl methyl sites for hydroxylation is 1. The van der Waals surface area contributed by atoms with Gasteiger partial charge in [-0.1, -0.05) is 0 Å². The van der Waals surface area contributed by atoms with Gasteiger partial charge in [0.25, 0.3) is 11.8 Å². The van der Waals surface area contributed by atoms with Crippen molar-refractivity contribution in [3.8, 4) is 11.5 Å². The second-order valence-electron chi connectivity index (χ2n) is 6.87. The predicted octanol–water partition coefficient (Wildman–Crippen LogP) is 3.73. The lowest BCUT2D eigenvalue weighted by Gasteiger charge is -2.21. The molecule has 0 aliphatic carbocycles. The van der Waals surface area contributed by atoms with Crippen LogP contribution in [-0.2, 0) is 9.59 Å². The van der Waals surface area contributed by atoms with Crippen molar-refractivity contribution in [3.05, 3.63) is 83.6 Å². The highest BCUT2D eigenvalue weighted by molar-refractivity contribution is 6.25. The number of amides is 2. The van der Waals surface area contributed by atoms with E-state index < -0.39 is 23.8 Å². The van der Waals surface area contributed by atoms with E-state index in [1.807, 2.05) is 6.92 Å². The fraction of sp³-hybridized carbons (Fsp3) is 0.125. The summed E-state index contributed by atoms with van der Waals surface area (Å²) in [4.78, 5) is 54.0. The number of benzene rings is 2. The second kappa shape index (κ2) is 9.65. The molecule has 0 N–H and O–H groups in total. The normalized spacial score (nSPS) is 10.2. The first-order valence-electron chi connectivity index (χ1n) is 9.63. The number of pyridine rings is 1. The molecule has 1 heterocycles. The van der Waals surface area contributed by atoms with Gasteiger partial charge in [0.2, 0.25) is 0 Å². The molecule has 0 aliphatic rings. The SMILES string of the molecule is CC(=O)Oc1ccc(C(=O)N(C(=O)c2ccc(OC(C)=O)cc2)c2cc(C)ccn2)cc1. The van der Waals surface area contributed by atoms with Crippen LogP contribution in [0.3, 0.4) is 0 Å². The molecule has 0 aliphatic heterocycles. The smallest absolute Gasteiger partial charge is 0.308 e. The number of aromatic nitrogens is 1. The van der Waals surface area contributed by atoms with Gasteiger partial charge in [-0.15, -0.1) is 0 Å². The van der Waals surface area contributed by atoms with Crippen LogP contribution in [0.2, 0.25) is 0 Å². The molecule has 0 spiro atoms. The van der Waals surface area contributed by atoms with Crippen molar-refractivity contribution in [2.45, 2.75) is 20.8 Å². The molecule has 0 radical (unpaired) electrons. The van der Waals surface area contributed by atoms with Crippen molar-refractivity contribution in [1.82, 2.24) is 4.98 Å². The molecule has 3 rings (SSSR count). The Labute approximate surface area is 184 Å². The van der Waals surface area contributed by atoms with Gasteiger partial charge in [0, 0.05) is 31.2 Å². The number of hydrogen-bond acceptors (Lipinski definition) is 7. The lowest BCUT2D eigenvalue weighted by atomic mass is 10.1. The van der Waals surface area contributed by atoms with Gasteiger partial charge < -0.3 is 9.47 Å². The van der Waals surface area contributed by atoms with E-state index in [2.05, 4.69) is 4.98 Å². The standard InChI is InChI=1S/C24H20N2O6/c1-15-12-13-25-22(14-15)26(23(29)18-4-8-20(9-5-18)31-16(2)27)24(30)19-6-10-21(11-7-19)32-17(3)28/h4-14H,1-3H3. The number of rotatable bonds is 5. The van der Waals surface area contributed by atoms with Crippen molar-refractivity contribution in [3.63, 3.8) is 0 Å². The number of carbonyl (C=O) groups is 4. The molecule has 162 valence electrons. The van der Waals surface area contributed by atoms with Crippen molar-refractivity contribution < 1.29 is 28.7 Å². The lowest BCUT2D eigenvalue weighted by molar-refractivity contribution is -0.132. The zero-order chi connectivity index (χ0) is 23.3. The quantitative estimate of drug-likeness (QED) is 0.344. The molecular weight excluding hydrogens is 412 g/mol. The van der Waals surface area contributed by atoms with Crippen LogP contribution in [0.25, 0.3) is 0 Å². The molecule has 1 aromatic heterocycles. The number of anilines is 1. The summed E-state index contributed by atoms with van der Waals surface area (Å²) in [5.41, 5.74) is 1.22. The average Bonchev–Trinajstić information content (AvgIpc) is 2.74. The lowest BCUT2D eigenvalue weighted by Crippen LogP contribution is -2.37. The molecule has 3 aromatic rings. The summed E-state index contributed by atoms with van der Waals surface area (Å²) >= 11 is 0. The highest BCUT2D eigenvalue weighted by Crippen LogP contribution is 2.22. The largest absolute Gasteiger partial charge is 0.427 e. The molecule has 0 bridgehead atoms. The van der Waals surface area contributed by atoms with Gasteiger partial charge >= 0.3 is 11.9 Å². The van der Waals surface area contributed by atoms with Crippen LogP contribution >= 0.6 is 0 Å². The molecule has 0 atom stereocenters. The highest BCUT2D eigenvalue weighted by Gasteiger charge is 2.27. The van der Waals surface area contributed by atoms with Gasteiger partial charge in [-0.25, -0.2) is 9.88 Å². The Hall–Kier alpha value is -4.33. The van der Waals surface area contributed by atoms with Crippen LogP contribution in [0, 0.1) is 6.92 Å². The Morgan fingerprint density at radius 2 is 1.16 bits per heavy atom. The molecule has 0 saturated heterocycles. The summed E-state index contributed by atoms with van der Waals surface area (Å²) in [6.45, 7) is 4.37. The van der Waals surface area contributed by atoms with Crippen molar-refractivity contribution in [2.24, 2.45) is 0 Å². The summed E-state index contributed by atoms with van der Waals surface area (Å²) in [5.74, 6) is -1.46. The van der Waals surface area contributed by atoms with E-state index in [9.17, 15) is 19.2 Å². The molecule has 2 amide bonds. The highest BCUT2D eigenvalue weighted by atomic mass is 16.5. The van der Waals surface area contributed by atoms with Crippen molar-refractivity contribution >= 4 is 29.6 Å². The Balaban J connectivity index is 1.96. The first-order chi connectivity index (χ1) is 15.2. The molecule has 2 aromatic carbocycles. The van der Waals surface area contributed by atoms with Gasteiger partial charge in [-0.05, 0) is 73.2 Å². The number of carbonyl (C=O) groups excluding carboxylic acids is 4. The first-order valence-corrected chi connectivity index (χ1v) is 9.63. The third-order valence-corrected chi connectivity index (χ3v) is 4.26. The van der Waals surface area contributed by atoms with E-state index in [0.717, 1.165) is 10.5 Å². The molecule has 0 unspecified atom stereocenters. The second-order valence-corrected chi connectivity index (χ2v) is 6.87. The minimum absolute atomic E-state index is 0.160. The minimum Gasteiger partial charge on any atom is -0.427 e. The number of imide groups is 1. The summed E-state index contributed by atoms with van der Waals surface area (Å²) in [7, 11) is 0. The topological polar surface area (TPSA) is 103 Å². The van der Waals surface area contributed by atoms with Crippen LogP contribution in [0.5, 0.6) is 11.5 Å². The number of esters is 2. The first kappa shape index (κ1) is 22.4. The van der Waals surface area contributed by atoms with Gasteiger partial charge in [0.1, 0.15) is 17.3 Å². The van der Waals surface area contributed by atoms with Crippen molar-refractivity contribution in [2.75, 3.05) is 4.90 Å². The monoisotopic (exact) mass is 432 g/mol. The Morgan fingerprint density at radius 1 is 0.719 bits per heavy atom. The van der Waals surface area contributed by atoms with E-state index in [4.69, 9.17) is 9.47 Å². The fourth-order valence-corrected chi connectivity index (χ4v) is 2.86. The number of hydrogen-bond donors (Lipinski definition) is 0. The van der Waals surface area contributed by atoms with Gasteiger partial charge in [-0.3, -0.25) is 19.2 Å². The Bertz CT molecular complexity index is 1100. The zero-order valence-electron chi connectivity index (χ0n) is 17.7. The maximum atomic E-state index is 13.3.